The van der Waals surface area contributed by atoms with E-state index in [0.29, 0.717) is 12.0 Å². The predicted octanol–water partition coefficient (Wildman–Crippen LogP) is 3.32. The Labute approximate surface area is 191 Å². The van der Waals surface area contributed by atoms with Crippen molar-refractivity contribution < 1.29 is 4.74 Å². The van der Waals surface area contributed by atoms with Crippen molar-refractivity contribution in [2.45, 2.75) is 52.5 Å². The highest BCUT2D eigenvalue weighted by molar-refractivity contribution is 5.77. The van der Waals surface area contributed by atoms with Gasteiger partial charge >= 0.3 is 0 Å². The van der Waals surface area contributed by atoms with Gasteiger partial charge < -0.3 is 15.0 Å². The smallest absolute Gasteiger partial charge is 0.0844 e. The number of H-pyrrole nitrogens is 1. The maximum Gasteiger partial charge on any atom is 0.0844 e. The third-order valence-electron chi connectivity index (χ3n) is 8.28. The Morgan fingerprint density at radius 1 is 1.19 bits per heavy atom. The molecule has 0 saturated carbocycles. The Balaban J connectivity index is 1.35. The normalized spacial score (nSPS) is 29.6. The minimum Gasteiger partial charge on any atom is -0.379 e. The van der Waals surface area contributed by atoms with Gasteiger partial charge in [0.05, 0.1) is 36.8 Å². The zero-order valence-corrected chi connectivity index (χ0v) is 19.8. The number of rotatable bonds is 3. The minimum absolute atomic E-state index is 0.229. The van der Waals surface area contributed by atoms with E-state index in [0.717, 1.165) is 58.8 Å². The summed E-state index contributed by atoms with van der Waals surface area (Å²) in [5, 5.41) is 11.6. The van der Waals surface area contributed by atoms with Crippen LogP contribution in [0.4, 0.5) is 0 Å². The molecule has 2 aliphatic carbocycles. The van der Waals surface area contributed by atoms with E-state index in [1.54, 1.807) is 5.57 Å². The number of ether oxygens (including phenoxy) is 1. The average molecular weight is 436 g/mol. The molecule has 5 aliphatic rings. The SMILES string of the molecule is CC1CC2NC3=C(CCCc4cn[nH]c43)C2=CC2=C1C(C)(C)CN2CCN1CCOCC1. The van der Waals surface area contributed by atoms with Gasteiger partial charge in [-0.25, -0.2) is 0 Å². The molecule has 1 saturated heterocycles. The van der Waals surface area contributed by atoms with Crippen LogP contribution in [0, 0.1) is 11.3 Å². The van der Waals surface area contributed by atoms with Crippen molar-refractivity contribution in [3.05, 3.63) is 45.9 Å². The van der Waals surface area contributed by atoms with E-state index in [2.05, 4.69) is 52.2 Å². The van der Waals surface area contributed by atoms with Gasteiger partial charge in [0.1, 0.15) is 0 Å². The first-order chi connectivity index (χ1) is 15.5. The number of hydrogen-bond acceptors (Lipinski definition) is 5. The zero-order chi connectivity index (χ0) is 21.9. The summed E-state index contributed by atoms with van der Waals surface area (Å²) in [6, 6.07) is 0.409. The van der Waals surface area contributed by atoms with Crippen LogP contribution in [0.1, 0.15) is 51.3 Å². The van der Waals surface area contributed by atoms with Crippen molar-refractivity contribution in [1.82, 2.24) is 25.3 Å². The second-order valence-corrected chi connectivity index (χ2v) is 11.0. The highest BCUT2D eigenvalue weighted by Gasteiger charge is 2.44. The molecule has 0 bridgehead atoms. The van der Waals surface area contributed by atoms with Crippen LogP contribution in [0.15, 0.2) is 34.7 Å². The second-order valence-electron chi connectivity index (χ2n) is 11.0. The molecule has 6 heteroatoms. The molecule has 2 N–H and O–H groups in total. The molecular formula is C26H37N5O. The Bertz CT molecular complexity index is 994. The summed E-state index contributed by atoms with van der Waals surface area (Å²) in [4.78, 5) is 5.25. The molecule has 0 radical (unpaired) electrons. The molecule has 6 nitrogen and oxygen atoms in total. The summed E-state index contributed by atoms with van der Waals surface area (Å²) >= 11 is 0. The van der Waals surface area contributed by atoms with E-state index < -0.39 is 0 Å². The van der Waals surface area contributed by atoms with Gasteiger partial charge in [0.25, 0.3) is 0 Å². The van der Waals surface area contributed by atoms with Crippen LogP contribution >= 0.6 is 0 Å². The van der Waals surface area contributed by atoms with Gasteiger partial charge in [0.15, 0.2) is 0 Å². The molecule has 6 rings (SSSR count). The van der Waals surface area contributed by atoms with Crippen molar-refractivity contribution in [2.24, 2.45) is 11.3 Å². The van der Waals surface area contributed by atoms with Crippen LogP contribution in [0.3, 0.4) is 0 Å². The van der Waals surface area contributed by atoms with Gasteiger partial charge in [-0.1, -0.05) is 20.8 Å². The second kappa shape index (κ2) is 7.77. The lowest BCUT2D eigenvalue weighted by Crippen LogP contribution is -2.41. The van der Waals surface area contributed by atoms with Crippen molar-refractivity contribution in [1.29, 1.82) is 0 Å². The van der Waals surface area contributed by atoms with E-state index >= 15 is 0 Å². The van der Waals surface area contributed by atoms with Gasteiger partial charge in [-0.05, 0) is 60.0 Å². The van der Waals surface area contributed by atoms with E-state index in [-0.39, 0.29) is 5.41 Å². The molecule has 2 atom stereocenters. The van der Waals surface area contributed by atoms with Crippen LogP contribution < -0.4 is 5.32 Å². The highest BCUT2D eigenvalue weighted by Crippen LogP contribution is 2.49. The number of aryl methyl sites for hydroxylation is 1. The van der Waals surface area contributed by atoms with Gasteiger partial charge in [0, 0.05) is 43.8 Å². The molecule has 1 fully saturated rings. The van der Waals surface area contributed by atoms with Crippen molar-refractivity contribution in [2.75, 3.05) is 45.9 Å². The molecule has 0 aromatic carbocycles. The van der Waals surface area contributed by atoms with E-state index in [4.69, 9.17) is 4.74 Å². The standard InChI is InChI=1S/C26H37N5O/c1-17-13-21-20(19-6-4-5-18-15-27-29-24(18)25(19)28-21)14-22-23(17)26(2,3)16-31(22)8-7-30-9-11-32-12-10-30/h14-15,17,21,28H,4-13,16H2,1-3H3,(H,27,29). The van der Waals surface area contributed by atoms with E-state index in [9.17, 15) is 0 Å². The molecule has 4 heterocycles. The minimum atomic E-state index is 0.229. The fourth-order valence-electron chi connectivity index (χ4n) is 6.89. The molecule has 3 aliphatic heterocycles. The molecule has 172 valence electrons. The van der Waals surface area contributed by atoms with Crippen LogP contribution in [0.2, 0.25) is 0 Å². The topological polar surface area (TPSA) is 56.4 Å². The number of aromatic nitrogens is 2. The Kier molecular flexibility index (Phi) is 4.99. The molecule has 2 unspecified atom stereocenters. The molecule has 1 aromatic rings. The quantitative estimate of drug-likeness (QED) is 0.763. The first-order valence-corrected chi connectivity index (χ1v) is 12.6. The lowest BCUT2D eigenvalue weighted by Gasteiger charge is -2.31. The number of aromatic amines is 1. The number of morpholine rings is 1. The third-order valence-corrected chi connectivity index (χ3v) is 8.28. The largest absolute Gasteiger partial charge is 0.379 e. The molecular weight excluding hydrogens is 398 g/mol. The lowest BCUT2D eigenvalue weighted by atomic mass is 9.77. The summed E-state index contributed by atoms with van der Waals surface area (Å²) < 4.78 is 5.55. The number of allylic oxidation sites excluding steroid dienone is 1. The third kappa shape index (κ3) is 3.34. The maximum absolute atomic E-state index is 5.55. The van der Waals surface area contributed by atoms with E-state index in [1.165, 1.54) is 46.6 Å². The first kappa shape index (κ1) is 20.5. The number of fused-ring (bicyclic) bond motifs is 4. The van der Waals surface area contributed by atoms with Crippen LogP contribution in [-0.2, 0) is 11.2 Å². The van der Waals surface area contributed by atoms with Crippen molar-refractivity contribution in [3.63, 3.8) is 0 Å². The fraction of sp³-hybridized carbons (Fsp3) is 0.654. The fourth-order valence-corrected chi connectivity index (χ4v) is 6.89. The molecule has 1 aromatic heterocycles. The average Bonchev–Trinajstić information content (AvgIpc) is 3.36. The summed E-state index contributed by atoms with van der Waals surface area (Å²) in [6.07, 6.45) is 9.23. The number of hydrogen-bond donors (Lipinski definition) is 2. The van der Waals surface area contributed by atoms with E-state index in [1.807, 2.05) is 6.20 Å². The van der Waals surface area contributed by atoms with Crippen molar-refractivity contribution >= 4 is 5.70 Å². The highest BCUT2D eigenvalue weighted by atomic mass is 16.5. The summed E-state index contributed by atoms with van der Waals surface area (Å²) in [5.41, 5.74) is 10.4. The summed E-state index contributed by atoms with van der Waals surface area (Å²) in [6.45, 7) is 14.6. The van der Waals surface area contributed by atoms with Crippen LogP contribution in [0.5, 0.6) is 0 Å². The summed E-state index contributed by atoms with van der Waals surface area (Å²) in [5.74, 6) is 0.574. The molecule has 0 spiro atoms. The Morgan fingerprint density at radius 2 is 2.03 bits per heavy atom. The van der Waals surface area contributed by atoms with Gasteiger partial charge in [-0.2, -0.15) is 5.10 Å². The molecule has 0 amide bonds. The van der Waals surface area contributed by atoms with Crippen LogP contribution in [0.25, 0.3) is 5.70 Å². The predicted molar refractivity (Wildman–Crippen MR) is 127 cm³/mol. The Morgan fingerprint density at radius 3 is 2.88 bits per heavy atom. The summed E-state index contributed by atoms with van der Waals surface area (Å²) in [7, 11) is 0. The van der Waals surface area contributed by atoms with Gasteiger partial charge in [-0.15, -0.1) is 0 Å². The zero-order valence-electron chi connectivity index (χ0n) is 19.8. The lowest BCUT2D eigenvalue weighted by molar-refractivity contribution is 0.0347. The van der Waals surface area contributed by atoms with Crippen LogP contribution in [-0.4, -0.2) is 72.0 Å². The number of nitrogens with zero attached hydrogens (tertiary/aromatic N) is 3. The van der Waals surface area contributed by atoms with Gasteiger partial charge in [-0.3, -0.25) is 10.00 Å². The Hall–Kier alpha value is -2.05. The van der Waals surface area contributed by atoms with Crippen molar-refractivity contribution in [3.8, 4) is 0 Å². The molecule has 32 heavy (non-hydrogen) atoms. The maximum atomic E-state index is 5.55. The first-order valence-electron chi connectivity index (χ1n) is 12.6. The monoisotopic (exact) mass is 435 g/mol. The van der Waals surface area contributed by atoms with Gasteiger partial charge in [0.2, 0.25) is 0 Å². The number of nitrogens with one attached hydrogen (secondary N) is 2.